The van der Waals surface area contributed by atoms with Crippen molar-refractivity contribution >= 4 is 5.91 Å². The lowest BCUT2D eigenvalue weighted by Gasteiger charge is -2.43. The molecule has 4 nitrogen and oxygen atoms in total. The number of nitrogens with zero attached hydrogens (tertiary/aromatic N) is 1. The van der Waals surface area contributed by atoms with Crippen molar-refractivity contribution in [3.8, 4) is 0 Å². The molecular formula is C17H33N3O. The largest absolute Gasteiger partial charge is 0.352 e. The number of hydrogen-bond donors (Lipinski definition) is 2. The molecule has 2 aliphatic rings. The molecule has 122 valence electrons. The minimum Gasteiger partial charge on any atom is -0.352 e. The van der Waals surface area contributed by atoms with Gasteiger partial charge in [0.2, 0.25) is 5.91 Å². The molecule has 0 saturated heterocycles. The fraction of sp³-hybridized carbons (Fsp3) is 0.941. The van der Waals surface area contributed by atoms with Crippen molar-refractivity contribution in [3.63, 3.8) is 0 Å². The fourth-order valence-corrected chi connectivity index (χ4v) is 4.03. The van der Waals surface area contributed by atoms with Crippen LogP contribution in [0.4, 0.5) is 0 Å². The molecule has 0 spiro atoms. The third kappa shape index (κ3) is 4.68. The van der Waals surface area contributed by atoms with Gasteiger partial charge in [-0.25, -0.2) is 0 Å². The first-order valence-electron chi connectivity index (χ1n) is 8.87. The van der Waals surface area contributed by atoms with Gasteiger partial charge < -0.3 is 11.1 Å². The van der Waals surface area contributed by atoms with Gasteiger partial charge in [-0.2, -0.15) is 0 Å². The number of amides is 1. The van der Waals surface area contributed by atoms with Crippen LogP contribution >= 0.6 is 0 Å². The number of rotatable bonds is 5. The van der Waals surface area contributed by atoms with Gasteiger partial charge in [-0.15, -0.1) is 0 Å². The fourth-order valence-electron chi connectivity index (χ4n) is 4.03. The Balaban J connectivity index is 1.82. The number of nitrogens with two attached hydrogens (primary N) is 1. The maximum atomic E-state index is 12.3. The first kappa shape index (κ1) is 16.8. The molecule has 1 amide bonds. The first-order valence-corrected chi connectivity index (χ1v) is 8.87. The van der Waals surface area contributed by atoms with Crippen LogP contribution in [0, 0.1) is 0 Å². The van der Waals surface area contributed by atoms with Crippen molar-refractivity contribution in [3.05, 3.63) is 0 Å². The number of carbonyl (C=O) groups is 1. The van der Waals surface area contributed by atoms with Crippen molar-refractivity contribution in [2.24, 2.45) is 5.73 Å². The average Bonchev–Trinajstić information content (AvgIpc) is 2.76. The minimum absolute atomic E-state index is 0.0546. The quantitative estimate of drug-likeness (QED) is 0.766. The van der Waals surface area contributed by atoms with Crippen LogP contribution in [0.1, 0.15) is 70.6 Å². The molecule has 0 unspecified atom stereocenters. The lowest BCUT2D eigenvalue weighted by Crippen LogP contribution is -2.56. The van der Waals surface area contributed by atoms with Gasteiger partial charge in [0.05, 0.1) is 6.54 Å². The van der Waals surface area contributed by atoms with E-state index in [-0.39, 0.29) is 11.4 Å². The molecule has 0 bridgehead atoms. The lowest BCUT2D eigenvalue weighted by atomic mass is 9.80. The summed E-state index contributed by atoms with van der Waals surface area (Å²) < 4.78 is 0. The van der Waals surface area contributed by atoms with Crippen molar-refractivity contribution in [2.75, 3.05) is 20.1 Å². The van der Waals surface area contributed by atoms with E-state index in [1.165, 1.54) is 44.9 Å². The molecule has 21 heavy (non-hydrogen) atoms. The van der Waals surface area contributed by atoms with Gasteiger partial charge in [-0.05, 0) is 32.7 Å². The van der Waals surface area contributed by atoms with Crippen LogP contribution in [0.3, 0.4) is 0 Å². The third-order valence-electron chi connectivity index (χ3n) is 5.58. The van der Waals surface area contributed by atoms with Crippen molar-refractivity contribution in [1.82, 2.24) is 10.2 Å². The number of likely N-dealkylation sites (N-methyl/N-ethyl adjacent to an activating group) is 1. The zero-order valence-corrected chi connectivity index (χ0v) is 13.7. The highest BCUT2D eigenvalue weighted by Gasteiger charge is 2.35. The molecule has 2 fully saturated rings. The van der Waals surface area contributed by atoms with E-state index in [0.29, 0.717) is 19.1 Å². The lowest BCUT2D eigenvalue weighted by molar-refractivity contribution is -0.124. The molecule has 2 rings (SSSR count). The number of carbonyl (C=O) groups excluding carboxylic acids is 1. The Bertz CT molecular complexity index is 318. The van der Waals surface area contributed by atoms with Crippen LogP contribution in [0.5, 0.6) is 0 Å². The van der Waals surface area contributed by atoms with E-state index in [9.17, 15) is 4.79 Å². The highest BCUT2D eigenvalue weighted by Crippen LogP contribution is 2.31. The second-order valence-corrected chi connectivity index (χ2v) is 7.10. The Morgan fingerprint density at radius 2 is 1.67 bits per heavy atom. The van der Waals surface area contributed by atoms with Gasteiger partial charge in [0.25, 0.3) is 0 Å². The Morgan fingerprint density at radius 3 is 2.24 bits per heavy atom. The molecule has 0 aliphatic heterocycles. The van der Waals surface area contributed by atoms with Gasteiger partial charge in [0, 0.05) is 18.1 Å². The Kier molecular flexibility index (Phi) is 6.49. The van der Waals surface area contributed by atoms with Gasteiger partial charge >= 0.3 is 0 Å². The van der Waals surface area contributed by atoms with E-state index in [2.05, 4.69) is 17.3 Å². The van der Waals surface area contributed by atoms with Gasteiger partial charge in [0.1, 0.15) is 0 Å². The van der Waals surface area contributed by atoms with Crippen LogP contribution < -0.4 is 11.1 Å². The van der Waals surface area contributed by atoms with E-state index >= 15 is 0 Å². The summed E-state index contributed by atoms with van der Waals surface area (Å²) in [4.78, 5) is 14.6. The summed E-state index contributed by atoms with van der Waals surface area (Å²) in [6.07, 6.45) is 13.5. The van der Waals surface area contributed by atoms with E-state index in [0.717, 1.165) is 25.7 Å². The van der Waals surface area contributed by atoms with Gasteiger partial charge in [-0.1, -0.05) is 44.9 Å². The highest BCUT2D eigenvalue weighted by molar-refractivity contribution is 5.78. The van der Waals surface area contributed by atoms with E-state index in [4.69, 9.17) is 5.73 Å². The summed E-state index contributed by atoms with van der Waals surface area (Å²) >= 11 is 0. The number of nitrogens with one attached hydrogen (secondary N) is 1. The summed E-state index contributed by atoms with van der Waals surface area (Å²) in [5.74, 6) is 0.183. The predicted molar refractivity (Wildman–Crippen MR) is 87.1 cm³/mol. The number of hydrogen-bond acceptors (Lipinski definition) is 3. The van der Waals surface area contributed by atoms with Crippen LogP contribution in [0.2, 0.25) is 0 Å². The SMILES string of the molecule is CN(CC(=O)NC1CCCCCC1)C1(CN)CCCCC1. The molecule has 0 aromatic carbocycles. The maximum Gasteiger partial charge on any atom is 0.234 e. The normalized spacial score (nSPS) is 23.8. The average molecular weight is 295 g/mol. The summed E-state index contributed by atoms with van der Waals surface area (Å²) in [7, 11) is 2.07. The van der Waals surface area contributed by atoms with Crippen molar-refractivity contribution < 1.29 is 4.79 Å². The van der Waals surface area contributed by atoms with Crippen LogP contribution in [0.15, 0.2) is 0 Å². The molecule has 4 heteroatoms. The molecule has 0 aromatic rings. The Hall–Kier alpha value is -0.610. The topological polar surface area (TPSA) is 58.4 Å². The van der Waals surface area contributed by atoms with Crippen molar-refractivity contribution in [1.29, 1.82) is 0 Å². The van der Waals surface area contributed by atoms with Crippen LogP contribution in [-0.2, 0) is 4.79 Å². The highest BCUT2D eigenvalue weighted by atomic mass is 16.2. The standard InChI is InChI=1S/C17H33N3O/c1-20(17(14-18)11-7-4-8-12-17)13-16(21)19-15-9-5-2-3-6-10-15/h15H,2-14,18H2,1H3,(H,19,21). The summed E-state index contributed by atoms with van der Waals surface area (Å²) in [5, 5.41) is 3.25. The molecule has 0 radical (unpaired) electrons. The molecule has 0 atom stereocenters. The van der Waals surface area contributed by atoms with Gasteiger partial charge in [-0.3, -0.25) is 9.69 Å². The second kappa shape index (κ2) is 8.14. The first-order chi connectivity index (χ1) is 10.2. The second-order valence-electron chi connectivity index (χ2n) is 7.10. The van der Waals surface area contributed by atoms with E-state index < -0.39 is 0 Å². The monoisotopic (exact) mass is 295 g/mol. The maximum absolute atomic E-state index is 12.3. The summed E-state index contributed by atoms with van der Waals surface area (Å²) in [6, 6.07) is 0.397. The minimum atomic E-state index is 0.0546. The molecule has 0 heterocycles. The van der Waals surface area contributed by atoms with Crippen LogP contribution in [0.25, 0.3) is 0 Å². The molecule has 0 aromatic heterocycles. The Morgan fingerprint density at radius 1 is 1.10 bits per heavy atom. The summed E-state index contributed by atoms with van der Waals surface area (Å²) in [6.45, 7) is 1.16. The molecule has 3 N–H and O–H groups in total. The molecular weight excluding hydrogens is 262 g/mol. The third-order valence-corrected chi connectivity index (χ3v) is 5.58. The zero-order chi connectivity index (χ0) is 15.1. The Labute approximate surface area is 129 Å². The molecule has 2 saturated carbocycles. The van der Waals surface area contributed by atoms with E-state index in [1.807, 2.05) is 0 Å². The summed E-state index contributed by atoms with van der Waals surface area (Å²) in [5.41, 5.74) is 6.10. The van der Waals surface area contributed by atoms with Crippen molar-refractivity contribution in [2.45, 2.75) is 82.2 Å². The zero-order valence-electron chi connectivity index (χ0n) is 13.7. The van der Waals surface area contributed by atoms with Gasteiger partial charge in [0.15, 0.2) is 0 Å². The van der Waals surface area contributed by atoms with E-state index in [1.54, 1.807) is 0 Å². The van der Waals surface area contributed by atoms with Crippen LogP contribution in [-0.4, -0.2) is 42.5 Å². The molecule has 2 aliphatic carbocycles. The predicted octanol–water partition coefficient (Wildman–Crippen LogP) is 2.42. The smallest absolute Gasteiger partial charge is 0.234 e.